The van der Waals surface area contributed by atoms with E-state index in [4.69, 9.17) is 0 Å². The van der Waals surface area contributed by atoms with Crippen molar-refractivity contribution in [3.05, 3.63) is 22.7 Å². The van der Waals surface area contributed by atoms with Crippen LogP contribution in [0, 0.1) is 0 Å². The van der Waals surface area contributed by atoms with Crippen molar-refractivity contribution < 1.29 is 4.79 Å². The first-order chi connectivity index (χ1) is 10.6. The lowest BCUT2D eigenvalue weighted by molar-refractivity contribution is -0.114. The minimum Gasteiger partial charge on any atom is -0.306 e. The third kappa shape index (κ3) is 3.50. The topological polar surface area (TPSA) is 84.7 Å². The number of amides is 1. The predicted octanol–water partition coefficient (Wildman–Crippen LogP) is 1.36. The summed E-state index contributed by atoms with van der Waals surface area (Å²) in [6, 6.07) is 0.379. The molecule has 0 radical (unpaired) electrons. The number of nitrogens with zero attached hydrogens (tertiary/aromatic N) is 4. The lowest BCUT2D eigenvalue weighted by Gasteiger charge is -2.23. The van der Waals surface area contributed by atoms with Crippen molar-refractivity contribution in [2.24, 2.45) is 0 Å². The van der Waals surface area contributed by atoms with Crippen LogP contribution in [-0.4, -0.2) is 31.7 Å². The number of aryl methyl sites for hydroxylation is 2. The highest BCUT2D eigenvalue weighted by Gasteiger charge is 2.21. The molecule has 0 saturated carbocycles. The molecule has 0 saturated heterocycles. The third-order valence-electron chi connectivity index (χ3n) is 3.62. The molecule has 1 atom stereocenters. The van der Waals surface area contributed by atoms with E-state index in [9.17, 15) is 4.79 Å². The van der Waals surface area contributed by atoms with Crippen molar-refractivity contribution in [1.29, 1.82) is 0 Å². The molecule has 0 fully saturated rings. The summed E-state index contributed by atoms with van der Waals surface area (Å²) < 4.78 is 2.02. The van der Waals surface area contributed by atoms with Gasteiger partial charge in [-0.2, -0.15) is 5.10 Å². The summed E-state index contributed by atoms with van der Waals surface area (Å²) in [4.78, 5) is 19.9. The molecule has 2 aromatic rings. The van der Waals surface area contributed by atoms with E-state index in [1.165, 1.54) is 18.3 Å². The first kappa shape index (κ1) is 15.1. The monoisotopic (exact) mass is 320 g/mol. The van der Waals surface area contributed by atoms with Gasteiger partial charge in [0.1, 0.15) is 5.82 Å². The highest BCUT2D eigenvalue weighted by atomic mass is 32.1. The van der Waals surface area contributed by atoms with Gasteiger partial charge in [0.15, 0.2) is 11.0 Å². The van der Waals surface area contributed by atoms with Crippen LogP contribution in [-0.2, 0) is 30.7 Å². The zero-order chi connectivity index (χ0) is 15.5. The van der Waals surface area contributed by atoms with Gasteiger partial charge in [-0.05, 0) is 6.42 Å². The molecule has 2 N–H and O–H groups in total. The summed E-state index contributed by atoms with van der Waals surface area (Å²) in [7, 11) is 0. The molecule has 1 amide bonds. The largest absolute Gasteiger partial charge is 0.306 e. The lowest BCUT2D eigenvalue weighted by atomic mass is 10.1. The van der Waals surface area contributed by atoms with E-state index in [2.05, 4.69) is 32.6 Å². The number of nitrogens with one attached hydrogen (secondary N) is 2. The van der Waals surface area contributed by atoms with Crippen molar-refractivity contribution in [2.45, 2.75) is 52.2 Å². The summed E-state index contributed by atoms with van der Waals surface area (Å²) in [5.41, 5.74) is 0.951. The summed E-state index contributed by atoms with van der Waals surface area (Å²) >= 11 is 1.45. The molecule has 3 heterocycles. The van der Waals surface area contributed by atoms with Gasteiger partial charge in [-0.15, -0.1) is 11.3 Å². The molecule has 0 spiro atoms. The Kier molecular flexibility index (Phi) is 4.49. The Balaban J connectivity index is 1.54. The zero-order valence-corrected chi connectivity index (χ0v) is 13.6. The molecular formula is C14H20N6OS. The summed E-state index contributed by atoms with van der Waals surface area (Å²) in [5, 5.41) is 13.4. The van der Waals surface area contributed by atoms with Crippen molar-refractivity contribution in [3.8, 4) is 0 Å². The molecule has 0 aliphatic carbocycles. The normalized spacial score (nSPS) is 17.3. The zero-order valence-electron chi connectivity index (χ0n) is 12.8. The second kappa shape index (κ2) is 6.53. The van der Waals surface area contributed by atoms with E-state index in [0.717, 1.165) is 43.1 Å². The van der Waals surface area contributed by atoms with Crippen molar-refractivity contribution >= 4 is 22.4 Å². The number of hydrogen-bond acceptors (Lipinski definition) is 6. The van der Waals surface area contributed by atoms with Gasteiger partial charge in [0.05, 0.1) is 12.2 Å². The van der Waals surface area contributed by atoms with Crippen LogP contribution in [0.4, 0.5) is 5.13 Å². The minimum atomic E-state index is -0.0911. The standard InChI is InChI=1S/C14H20N6OS/c1-3-12-18-13-5-4-10(7-20(13)19-12)15-6-11-8-22-14(17-11)16-9(2)21/h8,10,15H,3-7H2,1-2H3,(H,16,17,21). The molecule has 2 aromatic heterocycles. The van der Waals surface area contributed by atoms with Gasteiger partial charge in [0.2, 0.25) is 5.91 Å². The Labute approximate surface area is 133 Å². The number of anilines is 1. The molecule has 1 aliphatic rings. The molecule has 3 rings (SSSR count). The number of hydrogen-bond donors (Lipinski definition) is 2. The van der Waals surface area contributed by atoms with Crippen LogP contribution in [0.15, 0.2) is 5.38 Å². The molecule has 0 bridgehead atoms. The van der Waals surface area contributed by atoms with E-state index >= 15 is 0 Å². The van der Waals surface area contributed by atoms with Crippen LogP contribution in [0.3, 0.4) is 0 Å². The van der Waals surface area contributed by atoms with Gasteiger partial charge in [-0.1, -0.05) is 6.92 Å². The summed E-state index contributed by atoms with van der Waals surface area (Å²) in [6.45, 7) is 5.12. The van der Waals surface area contributed by atoms with Crippen LogP contribution in [0.5, 0.6) is 0 Å². The minimum absolute atomic E-state index is 0.0911. The molecule has 7 nitrogen and oxygen atoms in total. The van der Waals surface area contributed by atoms with Crippen molar-refractivity contribution in [1.82, 2.24) is 25.1 Å². The number of fused-ring (bicyclic) bond motifs is 1. The maximum absolute atomic E-state index is 11.0. The van der Waals surface area contributed by atoms with Crippen molar-refractivity contribution in [2.75, 3.05) is 5.32 Å². The van der Waals surface area contributed by atoms with E-state index in [0.29, 0.717) is 17.7 Å². The van der Waals surface area contributed by atoms with Gasteiger partial charge in [-0.3, -0.25) is 4.79 Å². The number of aromatic nitrogens is 4. The van der Waals surface area contributed by atoms with E-state index in [1.807, 2.05) is 10.1 Å². The SMILES string of the molecule is CCc1nc2n(n1)CC(NCc1csc(NC(C)=O)n1)CC2. The van der Waals surface area contributed by atoms with Gasteiger partial charge in [-0.25, -0.2) is 14.6 Å². The highest BCUT2D eigenvalue weighted by molar-refractivity contribution is 7.13. The average molecular weight is 320 g/mol. The fourth-order valence-electron chi connectivity index (χ4n) is 2.52. The molecule has 8 heteroatoms. The summed E-state index contributed by atoms with van der Waals surface area (Å²) in [6.07, 6.45) is 2.90. The molecule has 1 aliphatic heterocycles. The maximum atomic E-state index is 11.0. The number of carbonyl (C=O) groups is 1. The van der Waals surface area contributed by atoms with Crippen LogP contribution < -0.4 is 10.6 Å². The summed E-state index contributed by atoms with van der Waals surface area (Å²) in [5.74, 6) is 1.93. The van der Waals surface area contributed by atoms with Crippen molar-refractivity contribution in [3.63, 3.8) is 0 Å². The first-order valence-corrected chi connectivity index (χ1v) is 8.40. The Hall–Kier alpha value is -1.80. The fourth-order valence-corrected chi connectivity index (χ4v) is 3.28. The second-order valence-electron chi connectivity index (χ2n) is 5.42. The van der Waals surface area contributed by atoms with E-state index < -0.39 is 0 Å². The van der Waals surface area contributed by atoms with Crippen LogP contribution in [0.25, 0.3) is 0 Å². The van der Waals surface area contributed by atoms with Gasteiger partial charge in [0.25, 0.3) is 0 Å². The van der Waals surface area contributed by atoms with Crippen LogP contribution >= 0.6 is 11.3 Å². The quantitative estimate of drug-likeness (QED) is 0.869. The smallest absolute Gasteiger partial charge is 0.223 e. The van der Waals surface area contributed by atoms with Gasteiger partial charge >= 0.3 is 0 Å². The van der Waals surface area contributed by atoms with Crippen LogP contribution in [0.2, 0.25) is 0 Å². The molecule has 1 unspecified atom stereocenters. The van der Waals surface area contributed by atoms with E-state index in [1.54, 1.807) is 0 Å². The van der Waals surface area contributed by atoms with E-state index in [-0.39, 0.29) is 5.91 Å². The van der Waals surface area contributed by atoms with Gasteiger partial charge in [0, 0.05) is 37.7 Å². The second-order valence-corrected chi connectivity index (χ2v) is 6.28. The highest BCUT2D eigenvalue weighted by Crippen LogP contribution is 2.17. The molecule has 118 valence electrons. The Morgan fingerprint density at radius 1 is 1.50 bits per heavy atom. The number of thiazole rings is 1. The van der Waals surface area contributed by atoms with Crippen LogP contribution in [0.1, 0.15) is 37.6 Å². The molecule has 22 heavy (non-hydrogen) atoms. The average Bonchev–Trinajstić information content (AvgIpc) is 3.09. The predicted molar refractivity (Wildman–Crippen MR) is 84.8 cm³/mol. The first-order valence-electron chi connectivity index (χ1n) is 7.52. The number of carbonyl (C=O) groups excluding carboxylic acids is 1. The third-order valence-corrected chi connectivity index (χ3v) is 4.43. The number of rotatable bonds is 5. The van der Waals surface area contributed by atoms with Gasteiger partial charge < -0.3 is 10.6 Å². The fraction of sp³-hybridized carbons (Fsp3) is 0.571. The maximum Gasteiger partial charge on any atom is 0.223 e. The Morgan fingerprint density at radius 2 is 2.36 bits per heavy atom. The molecule has 0 aromatic carbocycles. The Morgan fingerprint density at radius 3 is 3.14 bits per heavy atom. The Bertz CT molecular complexity index is 664. The molecular weight excluding hydrogens is 300 g/mol. The lowest BCUT2D eigenvalue weighted by Crippen LogP contribution is -2.37.